The summed E-state index contributed by atoms with van der Waals surface area (Å²) in [6, 6.07) is 0. The number of rotatable bonds is 9. The van der Waals surface area contributed by atoms with Crippen LogP contribution in [0.5, 0.6) is 0 Å². The number of carbonyl (C=O) groups is 1. The summed E-state index contributed by atoms with van der Waals surface area (Å²) in [7, 11) is -6.66. The van der Waals surface area contributed by atoms with Crippen molar-refractivity contribution in [3.05, 3.63) is 0 Å². The van der Waals surface area contributed by atoms with Crippen molar-refractivity contribution in [1.82, 2.24) is 4.90 Å². The fraction of sp³-hybridized carbons (Fsp3) is 0.909. The van der Waals surface area contributed by atoms with Crippen molar-refractivity contribution >= 4 is 16.1 Å². The highest BCUT2D eigenvalue weighted by molar-refractivity contribution is 7.86. The number of carbonyl (C=O) groups excluding carboxylic acids is 1. The van der Waals surface area contributed by atoms with Crippen LogP contribution in [0.15, 0.2) is 0 Å². The maximum absolute atomic E-state index is 13.1. The Labute approximate surface area is 130 Å². The monoisotopic (exact) mass is 370 g/mol. The van der Waals surface area contributed by atoms with Crippen molar-refractivity contribution in [3.8, 4) is 0 Å². The lowest BCUT2D eigenvalue weighted by Crippen LogP contribution is -2.52. The van der Waals surface area contributed by atoms with Gasteiger partial charge in [-0.3, -0.25) is 4.79 Å². The van der Waals surface area contributed by atoms with Gasteiger partial charge < -0.3 is 14.2 Å². The zero-order valence-electron chi connectivity index (χ0n) is 12.4. The highest BCUT2D eigenvalue weighted by atomic mass is 32.2. The van der Waals surface area contributed by atoms with E-state index in [0.29, 0.717) is 19.6 Å². The lowest BCUT2D eigenvalue weighted by atomic mass is 10.3. The van der Waals surface area contributed by atoms with E-state index in [1.165, 1.54) is 0 Å². The number of hydrogen-bond donors (Lipinski definition) is 0. The number of nitrogens with zero attached hydrogens (tertiary/aromatic N) is 1. The summed E-state index contributed by atoms with van der Waals surface area (Å²) in [5, 5.41) is -5.81. The molecule has 0 radical (unpaired) electrons. The molecule has 0 aliphatic carbocycles. The zero-order valence-corrected chi connectivity index (χ0v) is 13.2. The normalized spacial score (nSPS) is 14.8. The summed E-state index contributed by atoms with van der Waals surface area (Å²) in [4.78, 5) is 13.1. The molecule has 138 valence electrons. The Morgan fingerprint density at radius 2 is 1.65 bits per heavy atom. The summed E-state index contributed by atoms with van der Waals surface area (Å²) in [6.07, 6.45) is -10.8. The third-order valence-corrected chi connectivity index (χ3v) is 3.82. The molecular weight excluding hydrogens is 353 g/mol. The van der Waals surface area contributed by atoms with Crippen molar-refractivity contribution < 1.29 is 44.5 Å². The first-order chi connectivity index (χ1) is 10.3. The molecule has 0 aromatic carbocycles. The molecule has 0 aromatic heterocycles. The van der Waals surface area contributed by atoms with Crippen LogP contribution in [0.2, 0.25) is 0 Å². The van der Waals surface area contributed by atoms with Crippen LogP contribution >= 0.6 is 0 Å². The fourth-order valence-corrected chi connectivity index (χ4v) is 2.08. The number of alkyl halides is 5. The topological polar surface area (TPSA) is 86.7 Å². The first-order valence-electron chi connectivity index (χ1n) is 6.59. The van der Waals surface area contributed by atoms with Gasteiger partial charge in [-0.2, -0.15) is 22.0 Å². The first kappa shape index (κ1) is 22.0. The average Bonchev–Trinajstić information content (AvgIpc) is 2.38. The maximum Gasteiger partial charge on any atom is 0.432 e. The molecule has 0 amide bonds. The number of esters is 1. The van der Waals surface area contributed by atoms with E-state index in [4.69, 9.17) is 0 Å². The molecule has 0 heterocycles. The average molecular weight is 370 g/mol. The Kier molecular flexibility index (Phi) is 7.84. The lowest BCUT2D eigenvalue weighted by molar-refractivity contribution is -0.259. The van der Waals surface area contributed by atoms with Crippen molar-refractivity contribution in [1.29, 1.82) is 0 Å². The van der Waals surface area contributed by atoms with Gasteiger partial charge in [0.1, 0.15) is 0 Å². The minimum atomic E-state index is -6.66. The standard InChI is InChI=1S/C11H18F5NO5S/c1-3-17(4-2)7-5-6-8(18)22-9(10(12,13)14)11(15,16)23(19,20)21/h9H,3-7H2,1-2H3,(H,19,20,21)/p-1. The molecule has 0 aliphatic heterocycles. The Balaban J connectivity index is 4.92. The van der Waals surface area contributed by atoms with Crippen molar-refractivity contribution in [2.45, 2.75) is 44.2 Å². The van der Waals surface area contributed by atoms with Crippen LogP contribution in [0.25, 0.3) is 0 Å². The van der Waals surface area contributed by atoms with Gasteiger partial charge in [-0.25, -0.2) is 8.42 Å². The van der Waals surface area contributed by atoms with E-state index in [9.17, 15) is 39.7 Å². The molecule has 0 bridgehead atoms. The number of hydrogen-bond acceptors (Lipinski definition) is 6. The van der Waals surface area contributed by atoms with Crippen LogP contribution in [0.1, 0.15) is 26.7 Å². The van der Waals surface area contributed by atoms with E-state index in [1.807, 2.05) is 4.90 Å². The van der Waals surface area contributed by atoms with Crippen molar-refractivity contribution in [3.63, 3.8) is 0 Å². The Hall–Kier alpha value is -1.01. The van der Waals surface area contributed by atoms with E-state index >= 15 is 0 Å². The van der Waals surface area contributed by atoms with Gasteiger partial charge in [0, 0.05) is 6.42 Å². The Morgan fingerprint density at radius 1 is 1.17 bits per heavy atom. The number of ether oxygens (including phenoxy) is 1. The molecule has 0 aliphatic rings. The van der Waals surface area contributed by atoms with E-state index in [2.05, 4.69) is 4.74 Å². The summed E-state index contributed by atoms with van der Waals surface area (Å²) < 4.78 is 98.1. The van der Waals surface area contributed by atoms with E-state index in [0.717, 1.165) is 0 Å². The molecule has 1 atom stereocenters. The molecule has 0 N–H and O–H groups in total. The second-order valence-corrected chi connectivity index (χ2v) is 6.01. The highest BCUT2D eigenvalue weighted by Gasteiger charge is 2.62. The summed E-state index contributed by atoms with van der Waals surface area (Å²) >= 11 is 0. The van der Waals surface area contributed by atoms with Crippen LogP contribution < -0.4 is 0 Å². The van der Waals surface area contributed by atoms with Gasteiger partial charge in [-0.1, -0.05) is 13.8 Å². The Morgan fingerprint density at radius 3 is 2.00 bits per heavy atom. The summed E-state index contributed by atoms with van der Waals surface area (Å²) in [5.74, 6) is -1.66. The van der Waals surface area contributed by atoms with Gasteiger partial charge in [0.25, 0.3) is 6.10 Å². The van der Waals surface area contributed by atoms with Crippen LogP contribution in [0.4, 0.5) is 22.0 Å². The summed E-state index contributed by atoms with van der Waals surface area (Å²) in [5.41, 5.74) is 0. The number of halogens is 5. The molecular formula is C11H17F5NO5S-. The minimum Gasteiger partial charge on any atom is -0.743 e. The maximum atomic E-state index is 13.1. The van der Waals surface area contributed by atoms with Crippen molar-refractivity contribution in [2.75, 3.05) is 19.6 Å². The predicted octanol–water partition coefficient (Wildman–Crippen LogP) is 1.72. The van der Waals surface area contributed by atoms with E-state index in [-0.39, 0.29) is 6.42 Å². The SMILES string of the molecule is CCN(CC)CCCC(=O)OC(C(F)(F)F)C(F)(F)S(=O)(=O)[O-]. The molecule has 0 fully saturated rings. The molecule has 0 saturated heterocycles. The van der Waals surface area contributed by atoms with Gasteiger partial charge >= 0.3 is 17.4 Å². The second kappa shape index (κ2) is 8.20. The highest BCUT2D eigenvalue weighted by Crippen LogP contribution is 2.38. The van der Waals surface area contributed by atoms with Crippen LogP contribution in [-0.2, 0) is 19.6 Å². The molecule has 1 unspecified atom stereocenters. The molecule has 0 saturated carbocycles. The zero-order chi connectivity index (χ0) is 18.5. The molecule has 0 spiro atoms. The quantitative estimate of drug-likeness (QED) is 0.349. The second-order valence-electron chi connectivity index (χ2n) is 4.56. The first-order valence-corrected chi connectivity index (χ1v) is 8.00. The molecule has 6 nitrogen and oxygen atoms in total. The van der Waals surface area contributed by atoms with Crippen LogP contribution in [-0.4, -0.2) is 61.0 Å². The lowest BCUT2D eigenvalue weighted by Gasteiger charge is -2.29. The van der Waals surface area contributed by atoms with Crippen LogP contribution in [0.3, 0.4) is 0 Å². The summed E-state index contributed by atoms with van der Waals surface area (Å²) in [6.45, 7) is 5.16. The van der Waals surface area contributed by atoms with Crippen molar-refractivity contribution in [2.24, 2.45) is 0 Å². The van der Waals surface area contributed by atoms with Gasteiger partial charge in [0.2, 0.25) is 0 Å². The molecule has 0 aromatic rings. The molecule has 0 rings (SSSR count). The predicted molar refractivity (Wildman–Crippen MR) is 67.6 cm³/mol. The third kappa shape index (κ3) is 6.55. The third-order valence-electron chi connectivity index (χ3n) is 2.93. The van der Waals surface area contributed by atoms with E-state index in [1.54, 1.807) is 13.8 Å². The van der Waals surface area contributed by atoms with Gasteiger partial charge in [-0.15, -0.1) is 0 Å². The molecule has 23 heavy (non-hydrogen) atoms. The minimum absolute atomic E-state index is 0.0286. The van der Waals surface area contributed by atoms with Crippen LogP contribution in [0, 0.1) is 0 Å². The largest absolute Gasteiger partial charge is 0.743 e. The smallest absolute Gasteiger partial charge is 0.432 e. The van der Waals surface area contributed by atoms with Gasteiger partial charge in [-0.05, 0) is 26.1 Å². The Bertz CT molecular complexity index is 490. The van der Waals surface area contributed by atoms with Gasteiger partial charge in [0.05, 0.1) is 0 Å². The van der Waals surface area contributed by atoms with Gasteiger partial charge in [0.15, 0.2) is 10.1 Å². The van der Waals surface area contributed by atoms with E-state index < -0.39 is 40.0 Å². The molecule has 12 heteroatoms. The fourth-order valence-electron chi connectivity index (χ4n) is 1.63.